The number of allylic oxidation sites excluding steroid dienone is 1. The van der Waals surface area contributed by atoms with Crippen LogP contribution in [-0.2, 0) is 14.3 Å². The summed E-state index contributed by atoms with van der Waals surface area (Å²) < 4.78 is 4.58. The molecule has 212 valence electrons. The molecule has 3 N–H and O–H groups in total. The van der Waals surface area contributed by atoms with E-state index < -0.39 is 11.7 Å². The predicted octanol–water partition coefficient (Wildman–Crippen LogP) is 5.80. The van der Waals surface area contributed by atoms with Crippen molar-refractivity contribution in [3.63, 3.8) is 0 Å². The molecule has 0 aromatic heterocycles. The topological polar surface area (TPSA) is 102 Å². The van der Waals surface area contributed by atoms with E-state index in [1.165, 1.54) is 11.1 Å². The van der Waals surface area contributed by atoms with Crippen LogP contribution in [0.25, 0.3) is 0 Å². The van der Waals surface area contributed by atoms with Crippen molar-refractivity contribution in [2.75, 3.05) is 7.05 Å². The maximum absolute atomic E-state index is 12.2. The zero-order chi connectivity index (χ0) is 29.1. The average molecular weight is 536 g/mol. The van der Waals surface area contributed by atoms with Crippen LogP contribution in [-0.4, -0.2) is 47.9 Å². The Bertz CT molecular complexity index is 1040. The van der Waals surface area contributed by atoms with E-state index >= 15 is 0 Å². The highest BCUT2D eigenvalue weighted by Gasteiger charge is 2.38. The molecular formula is C32H45N3O4. The molecule has 0 radical (unpaired) electrons. The molecule has 0 bridgehead atoms. The summed E-state index contributed by atoms with van der Waals surface area (Å²) in [7, 11) is 1.99. The first-order chi connectivity index (χ1) is 18.4. The number of carbonyl (C=O) groups is 3. The van der Waals surface area contributed by atoms with Crippen LogP contribution < -0.4 is 11.1 Å². The van der Waals surface area contributed by atoms with Crippen molar-refractivity contribution in [3.05, 3.63) is 83.9 Å². The standard InChI is InChI=1S/C14H15N.C13H19NO2.C5H11NO2/c1-15-14(12-8-4-2-5-9-12)13-10-6-3-7-11-13;1-13(2)7-3-4-10-5-6-11(9-15)14(10)12(16)8-13;1-5(2,3)8-4(6)7/h2-11,14-15H,1H3;3,7,9-11H,4-6,8H2,1-2H3;1-3H3,(H2,6,7)/b;7-3-;/t;10-,11-;/m.0./s1. The van der Waals surface area contributed by atoms with Gasteiger partial charge in [0.25, 0.3) is 0 Å². The normalized spacial score (nSPS) is 20.7. The SMILES string of the molecule is CC(C)(C)OC(N)=O.CC1(C)/C=C\C[C@H]2CC[C@@H](C=O)N2C(=O)C1.CNC(c1ccccc1)c1ccccc1. The molecule has 1 saturated heterocycles. The molecule has 39 heavy (non-hydrogen) atoms. The van der Waals surface area contributed by atoms with Gasteiger partial charge in [-0.2, -0.15) is 0 Å². The molecule has 0 saturated carbocycles. The molecule has 4 rings (SSSR count). The zero-order valence-electron chi connectivity index (χ0n) is 24.2. The Labute approximate surface area is 233 Å². The minimum Gasteiger partial charge on any atom is -0.444 e. The van der Waals surface area contributed by atoms with Crippen molar-refractivity contribution >= 4 is 18.3 Å². The van der Waals surface area contributed by atoms with Crippen molar-refractivity contribution in [2.45, 2.75) is 84.0 Å². The van der Waals surface area contributed by atoms with E-state index in [9.17, 15) is 14.4 Å². The number of nitrogens with zero attached hydrogens (tertiary/aromatic N) is 1. The minimum atomic E-state index is -0.725. The van der Waals surface area contributed by atoms with Gasteiger partial charge < -0.3 is 25.5 Å². The fourth-order valence-electron chi connectivity index (χ4n) is 4.87. The van der Waals surface area contributed by atoms with Crippen LogP contribution in [0.1, 0.15) is 77.5 Å². The summed E-state index contributed by atoms with van der Waals surface area (Å²) in [6.45, 7) is 9.41. The molecule has 2 heterocycles. The second-order valence-corrected chi connectivity index (χ2v) is 11.6. The van der Waals surface area contributed by atoms with Crippen LogP contribution >= 0.6 is 0 Å². The number of aldehydes is 1. The maximum atomic E-state index is 12.2. The summed E-state index contributed by atoms with van der Waals surface area (Å²) in [4.78, 5) is 35.0. The number of hydrogen-bond acceptors (Lipinski definition) is 5. The predicted molar refractivity (Wildman–Crippen MR) is 156 cm³/mol. The average Bonchev–Trinajstić information content (AvgIpc) is 3.27. The monoisotopic (exact) mass is 535 g/mol. The van der Waals surface area contributed by atoms with Crippen LogP contribution in [0.3, 0.4) is 0 Å². The fraction of sp³-hybridized carbons (Fsp3) is 0.469. The van der Waals surface area contributed by atoms with E-state index in [0.717, 1.165) is 25.5 Å². The molecule has 7 nitrogen and oxygen atoms in total. The molecule has 1 fully saturated rings. The maximum Gasteiger partial charge on any atom is 0.405 e. The van der Waals surface area contributed by atoms with Crippen LogP contribution in [0.5, 0.6) is 0 Å². The van der Waals surface area contributed by atoms with E-state index in [2.05, 4.69) is 84.6 Å². The highest BCUT2D eigenvalue weighted by molar-refractivity contribution is 5.81. The van der Waals surface area contributed by atoms with E-state index in [1.807, 2.05) is 24.1 Å². The van der Waals surface area contributed by atoms with Gasteiger partial charge in [0.15, 0.2) is 0 Å². The van der Waals surface area contributed by atoms with Crippen molar-refractivity contribution in [1.82, 2.24) is 10.2 Å². The second kappa shape index (κ2) is 14.6. The number of nitrogens with one attached hydrogen (secondary N) is 1. The van der Waals surface area contributed by atoms with Crippen LogP contribution in [0, 0.1) is 5.41 Å². The first kappa shape index (κ1) is 31.8. The Morgan fingerprint density at radius 2 is 1.59 bits per heavy atom. The summed E-state index contributed by atoms with van der Waals surface area (Å²) in [5.41, 5.74) is 6.77. The number of amides is 2. The van der Waals surface area contributed by atoms with Crippen molar-refractivity contribution in [3.8, 4) is 0 Å². The Balaban J connectivity index is 0.000000218. The molecular weight excluding hydrogens is 490 g/mol. The largest absolute Gasteiger partial charge is 0.444 e. The van der Waals surface area contributed by atoms with Gasteiger partial charge in [0.05, 0.1) is 12.1 Å². The van der Waals surface area contributed by atoms with Gasteiger partial charge in [0.2, 0.25) is 5.91 Å². The third-order valence-corrected chi connectivity index (χ3v) is 6.54. The summed E-state index contributed by atoms with van der Waals surface area (Å²) in [6, 6.07) is 21.3. The molecule has 2 aliphatic heterocycles. The van der Waals surface area contributed by atoms with E-state index in [-0.39, 0.29) is 29.4 Å². The number of carbonyl (C=O) groups excluding carboxylic acids is 3. The molecule has 2 amide bonds. The van der Waals surface area contributed by atoms with Crippen molar-refractivity contribution < 1.29 is 19.1 Å². The second-order valence-electron chi connectivity index (χ2n) is 11.6. The fourth-order valence-corrected chi connectivity index (χ4v) is 4.87. The van der Waals surface area contributed by atoms with Gasteiger partial charge in [-0.3, -0.25) is 4.79 Å². The molecule has 2 aromatic carbocycles. The van der Waals surface area contributed by atoms with Gasteiger partial charge >= 0.3 is 6.09 Å². The first-order valence-electron chi connectivity index (χ1n) is 13.6. The van der Waals surface area contributed by atoms with E-state index in [0.29, 0.717) is 6.42 Å². The summed E-state index contributed by atoms with van der Waals surface area (Å²) in [5.74, 6) is 0.133. The molecule has 2 atom stereocenters. The number of benzene rings is 2. The number of fused-ring (bicyclic) bond motifs is 1. The lowest BCUT2D eigenvalue weighted by molar-refractivity contribution is -0.138. The molecule has 2 aliphatic rings. The number of primary amides is 1. The first-order valence-corrected chi connectivity index (χ1v) is 13.6. The molecule has 0 aliphatic carbocycles. The molecule has 7 heteroatoms. The molecule has 2 aromatic rings. The summed E-state index contributed by atoms with van der Waals surface area (Å²) in [5, 5.41) is 3.33. The van der Waals surface area contributed by atoms with Crippen molar-refractivity contribution in [2.24, 2.45) is 11.1 Å². The number of rotatable bonds is 4. The number of nitrogens with two attached hydrogens (primary N) is 1. The Kier molecular flexibility index (Phi) is 11.9. The number of ether oxygens (including phenoxy) is 1. The smallest absolute Gasteiger partial charge is 0.405 e. The van der Waals surface area contributed by atoms with Crippen LogP contribution in [0.4, 0.5) is 4.79 Å². The summed E-state index contributed by atoms with van der Waals surface area (Å²) in [6.07, 6.45) is 7.68. The quantitative estimate of drug-likeness (QED) is 0.381. The Morgan fingerprint density at radius 1 is 1.05 bits per heavy atom. The third-order valence-electron chi connectivity index (χ3n) is 6.54. The van der Waals surface area contributed by atoms with Crippen LogP contribution in [0.15, 0.2) is 72.8 Å². The highest BCUT2D eigenvalue weighted by Crippen LogP contribution is 2.33. The van der Waals surface area contributed by atoms with Gasteiger partial charge in [-0.15, -0.1) is 0 Å². The summed E-state index contributed by atoms with van der Waals surface area (Å²) >= 11 is 0. The minimum absolute atomic E-state index is 0.0852. The van der Waals surface area contributed by atoms with Crippen molar-refractivity contribution in [1.29, 1.82) is 0 Å². The third kappa shape index (κ3) is 10.7. The lowest BCUT2D eigenvalue weighted by atomic mass is 9.86. The lowest BCUT2D eigenvalue weighted by Crippen LogP contribution is -2.44. The van der Waals surface area contributed by atoms with Gasteiger partial charge in [0.1, 0.15) is 11.9 Å². The van der Waals surface area contributed by atoms with Gasteiger partial charge in [0, 0.05) is 12.5 Å². The van der Waals surface area contributed by atoms with E-state index in [4.69, 9.17) is 5.73 Å². The van der Waals surface area contributed by atoms with Gasteiger partial charge in [-0.1, -0.05) is 86.7 Å². The van der Waals surface area contributed by atoms with E-state index in [1.54, 1.807) is 20.8 Å². The lowest BCUT2D eigenvalue weighted by Gasteiger charge is -2.32. The highest BCUT2D eigenvalue weighted by atomic mass is 16.6. The molecule has 0 unspecified atom stereocenters. The van der Waals surface area contributed by atoms with Gasteiger partial charge in [-0.25, -0.2) is 4.79 Å². The van der Waals surface area contributed by atoms with Crippen LogP contribution in [0.2, 0.25) is 0 Å². The molecule has 0 spiro atoms. The number of hydrogen-bond donors (Lipinski definition) is 2. The zero-order valence-corrected chi connectivity index (χ0v) is 24.2. The Hall–Kier alpha value is -3.45. The Morgan fingerprint density at radius 3 is 2.00 bits per heavy atom. The van der Waals surface area contributed by atoms with Gasteiger partial charge in [-0.05, 0) is 63.6 Å².